The minimum Gasteiger partial charge on any atom is -0.321 e. The summed E-state index contributed by atoms with van der Waals surface area (Å²) in [7, 11) is 0. The van der Waals surface area contributed by atoms with Crippen LogP contribution in [0.2, 0.25) is 0 Å². The van der Waals surface area contributed by atoms with Crippen molar-refractivity contribution in [2.24, 2.45) is 0 Å². The molecule has 0 unspecified atom stereocenters. The van der Waals surface area contributed by atoms with Crippen molar-refractivity contribution in [2.75, 3.05) is 26.2 Å². The van der Waals surface area contributed by atoms with E-state index in [9.17, 15) is 4.79 Å². The SMILES string of the molecule is Cc1cccc2cc([C@@H](c3nnnn3C(C)(C)C)N3CCN(Cc4ccccc4)CC3)c(=O)[nH]c12. The van der Waals surface area contributed by atoms with Crippen LogP contribution < -0.4 is 5.56 Å². The Morgan fingerprint density at radius 3 is 2.46 bits per heavy atom. The maximum absolute atomic E-state index is 13.5. The maximum atomic E-state index is 13.5. The number of nitrogens with zero attached hydrogens (tertiary/aromatic N) is 6. The molecular formula is C27H33N7O. The number of hydrogen-bond acceptors (Lipinski definition) is 6. The summed E-state index contributed by atoms with van der Waals surface area (Å²) in [5, 5.41) is 13.8. The molecule has 8 nitrogen and oxygen atoms in total. The van der Waals surface area contributed by atoms with Gasteiger partial charge in [-0.3, -0.25) is 14.6 Å². The quantitative estimate of drug-likeness (QED) is 0.480. The lowest BCUT2D eigenvalue weighted by atomic mass is 10.00. The van der Waals surface area contributed by atoms with Gasteiger partial charge in [-0.05, 0) is 60.7 Å². The number of H-pyrrole nitrogens is 1. The zero-order chi connectivity index (χ0) is 24.6. The standard InChI is InChI=1S/C27H33N7O/c1-19-9-8-12-21-17-22(26(35)28-23(19)21)24(25-29-30-31-34(25)27(2,3)4)33-15-13-32(14-16-33)18-20-10-6-5-7-11-20/h5-12,17,24H,13-16,18H2,1-4H3,(H,28,35)/t24-/m0/s1. The van der Waals surface area contributed by atoms with Gasteiger partial charge in [0.2, 0.25) is 0 Å². The summed E-state index contributed by atoms with van der Waals surface area (Å²) < 4.78 is 1.86. The van der Waals surface area contributed by atoms with Gasteiger partial charge in [-0.1, -0.05) is 48.5 Å². The Morgan fingerprint density at radius 1 is 1.00 bits per heavy atom. The van der Waals surface area contributed by atoms with Crippen molar-refractivity contribution < 1.29 is 0 Å². The van der Waals surface area contributed by atoms with E-state index in [0.29, 0.717) is 11.4 Å². The van der Waals surface area contributed by atoms with Gasteiger partial charge in [0.25, 0.3) is 5.56 Å². The molecule has 3 heterocycles. The van der Waals surface area contributed by atoms with E-state index < -0.39 is 0 Å². The topological polar surface area (TPSA) is 82.9 Å². The number of para-hydroxylation sites is 1. The minimum absolute atomic E-state index is 0.0908. The lowest BCUT2D eigenvalue weighted by Gasteiger charge is -2.39. The molecular weight excluding hydrogens is 438 g/mol. The van der Waals surface area contributed by atoms with E-state index in [1.54, 1.807) is 0 Å². The molecule has 1 atom stereocenters. The van der Waals surface area contributed by atoms with Crippen LogP contribution in [-0.4, -0.2) is 61.2 Å². The minimum atomic E-state index is -0.336. The Hall–Kier alpha value is -3.36. The van der Waals surface area contributed by atoms with Gasteiger partial charge in [0.05, 0.1) is 11.1 Å². The van der Waals surface area contributed by atoms with E-state index in [1.165, 1.54) is 5.56 Å². The number of nitrogens with one attached hydrogen (secondary N) is 1. The molecule has 2 aromatic carbocycles. The van der Waals surface area contributed by atoms with Crippen LogP contribution in [-0.2, 0) is 12.1 Å². The highest BCUT2D eigenvalue weighted by molar-refractivity contribution is 5.82. The molecule has 1 fully saturated rings. The van der Waals surface area contributed by atoms with Crippen molar-refractivity contribution >= 4 is 10.9 Å². The van der Waals surface area contributed by atoms with E-state index in [0.717, 1.165) is 49.2 Å². The first-order valence-electron chi connectivity index (χ1n) is 12.2. The monoisotopic (exact) mass is 471 g/mol. The average Bonchev–Trinajstić information content (AvgIpc) is 3.32. The molecule has 5 rings (SSSR count). The number of benzene rings is 2. The molecule has 0 bridgehead atoms. The van der Waals surface area contributed by atoms with Crippen molar-refractivity contribution in [3.63, 3.8) is 0 Å². The molecule has 1 N–H and O–H groups in total. The molecule has 1 aliphatic rings. The van der Waals surface area contributed by atoms with Crippen LogP contribution in [0.1, 0.15) is 49.3 Å². The predicted molar refractivity (Wildman–Crippen MR) is 137 cm³/mol. The Balaban J connectivity index is 1.51. The molecule has 2 aromatic heterocycles. The zero-order valence-electron chi connectivity index (χ0n) is 20.9. The molecule has 4 aromatic rings. The molecule has 35 heavy (non-hydrogen) atoms. The highest BCUT2D eigenvalue weighted by atomic mass is 16.1. The van der Waals surface area contributed by atoms with Crippen LogP contribution >= 0.6 is 0 Å². The fourth-order valence-electron chi connectivity index (χ4n) is 4.97. The molecule has 182 valence electrons. The van der Waals surface area contributed by atoms with Crippen molar-refractivity contribution in [3.8, 4) is 0 Å². The number of aromatic amines is 1. The number of aryl methyl sites for hydroxylation is 1. The van der Waals surface area contributed by atoms with Crippen LogP contribution in [0.15, 0.2) is 59.4 Å². The first kappa shape index (κ1) is 23.4. The lowest BCUT2D eigenvalue weighted by Crippen LogP contribution is -2.49. The smallest absolute Gasteiger partial charge is 0.253 e. The molecule has 8 heteroatoms. The second-order valence-electron chi connectivity index (χ2n) is 10.4. The Kier molecular flexibility index (Phi) is 6.25. The summed E-state index contributed by atoms with van der Waals surface area (Å²) in [5.41, 5.74) is 3.52. The third-order valence-electron chi connectivity index (χ3n) is 6.81. The van der Waals surface area contributed by atoms with Gasteiger partial charge in [0, 0.05) is 38.3 Å². The van der Waals surface area contributed by atoms with Crippen molar-refractivity contribution in [1.82, 2.24) is 35.0 Å². The van der Waals surface area contributed by atoms with Crippen LogP contribution in [0.25, 0.3) is 10.9 Å². The summed E-state index contributed by atoms with van der Waals surface area (Å²) in [6.45, 7) is 12.6. The zero-order valence-corrected chi connectivity index (χ0v) is 20.9. The number of tetrazole rings is 1. The maximum Gasteiger partial charge on any atom is 0.253 e. The summed E-state index contributed by atoms with van der Waals surface area (Å²) in [6.07, 6.45) is 0. The molecule has 0 saturated carbocycles. The van der Waals surface area contributed by atoms with Crippen LogP contribution in [0.5, 0.6) is 0 Å². The molecule has 0 aliphatic carbocycles. The van der Waals surface area contributed by atoms with E-state index in [1.807, 2.05) is 41.9 Å². The van der Waals surface area contributed by atoms with Gasteiger partial charge in [0.1, 0.15) is 6.04 Å². The number of aromatic nitrogens is 5. The summed E-state index contributed by atoms with van der Waals surface area (Å²) in [6, 6.07) is 18.3. The van der Waals surface area contributed by atoms with Gasteiger partial charge in [0.15, 0.2) is 5.82 Å². The number of hydrogen-bond donors (Lipinski definition) is 1. The predicted octanol–water partition coefficient (Wildman–Crippen LogP) is 3.49. The first-order chi connectivity index (χ1) is 16.8. The third kappa shape index (κ3) is 4.76. The summed E-state index contributed by atoms with van der Waals surface area (Å²) >= 11 is 0. The van der Waals surface area contributed by atoms with Crippen molar-refractivity contribution in [1.29, 1.82) is 0 Å². The highest BCUT2D eigenvalue weighted by Gasteiger charge is 2.34. The number of piperazine rings is 1. The third-order valence-corrected chi connectivity index (χ3v) is 6.81. The average molecular weight is 472 g/mol. The summed E-state index contributed by atoms with van der Waals surface area (Å²) in [4.78, 5) is 21.4. The van der Waals surface area contributed by atoms with Crippen LogP contribution in [0.4, 0.5) is 0 Å². The van der Waals surface area contributed by atoms with Crippen molar-refractivity contribution in [3.05, 3.63) is 87.5 Å². The second-order valence-corrected chi connectivity index (χ2v) is 10.4. The van der Waals surface area contributed by atoms with Crippen LogP contribution in [0, 0.1) is 6.92 Å². The first-order valence-corrected chi connectivity index (χ1v) is 12.2. The van der Waals surface area contributed by atoms with Gasteiger partial charge >= 0.3 is 0 Å². The van der Waals surface area contributed by atoms with Gasteiger partial charge < -0.3 is 4.98 Å². The largest absolute Gasteiger partial charge is 0.321 e. The normalized spacial score (nSPS) is 16.6. The van der Waals surface area contributed by atoms with E-state index in [-0.39, 0.29) is 17.1 Å². The van der Waals surface area contributed by atoms with Crippen LogP contribution in [0.3, 0.4) is 0 Å². The molecule has 1 aliphatic heterocycles. The van der Waals surface area contributed by atoms with E-state index >= 15 is 0 Å². The molecule has 0 spiro atoms. The molecule has 0 radical (unpaired) electrons. The highest BCUT2D eigenvalue weighted by Crippen LogP contribution is 2.30. The summed E-state index contributed by atoms with van der Waals surface area (Å²) in [5.74, 6) is 0.700. The van der Waals surface area contributed by atoms with E-state index in [2.05, 4.69) is 75.3 Å². The molecule has 1 saturated heterocycles. The number of fused-ring (bicyclic) bond motifs is 1. The Labute approximate surface area is 205 Å². The van der Waals surface area contributed by atoms with Gasteiger partial charge in [-0.15, -0.1) is 5.10 Å². The molecule has 0 amide bonds. The Morgan fingerprint density at radius 2 is 1.74 bits per heavy atom. The van der Waals surface area contributed by atoms with E-state index in [4.69, 9.17) is 0 Å². The lowest BCUT2D eigenvalue weighted by molar-refractivity contribution is 0.0975. The number of rotatable bonds is 5. The fourth-order valence-corrected chi connectivity index (χ4v) is 4.97. The fraction of sp³-hybridized carbons (Fsp3) is 0.407. The van der Waals surface area contributed by atoms with Gasteiger partial charge in [-0.25, -0.2) is 4.68 Å². The Bertz CT molecular complexity index is 1360. The van der Waals surface area contributed by atoms with Crippen molar-refractivity contribution in [2.45, 2.75) is 45.8 Å². The number of pyridine rings is 1. The van der Waals surface area contributed by atoms with Gasteiger partial charge in [-0.2, -0.15) is 0 Å². The second kappa shape index (κ2) is 9.36.